The molecule has 0 aliphatic carbocycles. The maximum atomic E-state index is 13.2. The van der Waals surface area contributed by atoms with Crippen molar-refractivity contribution in [1.82, 2.24) is 15.2 Å². The molecule has 1 aliphatic rings. The summed E-state index contributed by atoms with van der Waals surface area (Å²) in [7, 11) is 1.60. The molecule has 1 N–H and O–H groups in total. The molecule has 1 atom stereocenters. The minimum absolute atomic E-state index is 0.0477. The van der Waals surface area contributed by atoms with Crippen LogP contribution >= 0.6 is 0 Å². The summed E-state index contributed by atoms with van der Waals surface area (Å²) in [5, 5.41) is 3.16. The van der Waals surface area contributed by atoms with Gasteiger partial charge in [0.1, 0.15) is 18.1 Å². The summed E-state index contributed by atoms with van der Waals surface area (Å²) >= 11 is 0. The molecule has 1 amide bonds. The molecule has 0 bridgehead atoms. The van der Waals surface area contributed by atoms with E-state index in [0.717, 1.165) is 17.3 Å². The lowest BCUT2D eigenvalue weighted by Crippen LogP contribution is -2.43. The molecule has 0 spiro atoms. The van der Waals surface area contributed by atoms with Crippen LogP contribution in [0, 0.1) is 5.92 Å². The number of hydrogen-bond donors (Lipinski definition) is 1. The predicted molar refractivity (Wildman–Crippen MR) is 133 cm³/mol. The molecule has 2 heterocycles. The number of halogens is 3. The number of piperidine rings is 1. The largest absolute Gasteiger partial charge is 0.497 e. The second-order valence-electron chi connectivity index (χ2n) is 8.93. The average molecular weight is 514 g/mol. The van der Waals surface area contributed by atoms with Crippen molar-refractivity contribution in [3.05, 3.63) is 89.7 Å². The summed E-state index contributed by atoms with van der Waals surface area (Å²) in [5.41, 5.74) is 0.835. The van der Waals surface area contributed by atoms with Gasteiger partial charge in [0, 0.05) is 18.7 Å². The van der Waals surface area contributed by atoms with Crippen molar-refractivity contribution in [3.63, 3.8) is 0 Å². The van der Waals surface area contributed by atoms with Gasteiger partial charge in [0.25, 0.3) is 0 Å². The highest BCUT2D eigenvalue weighted by atomic mass is 19.4. The van der Waals surface area contributed by atoms with Crippen molar-refractivity contribution in [2.45, 2.75) is 25.1 Å². The lowest BCUT2D eigenvalue weighted by Gasteiger charge is -2.32. The van der Waals surface area contributed by atoms with E-state index in [1.165, 1.54) is 18.2 Å². The molecule has 37 heavy (non-hydrogen) atoms. The van der Waals surface area contributed by atoms with Crippen LogP contribution in [-0.4, -0.2) is 49.1 Å². The van der Waals surface area contributed by atoms with E-state index >= 15 is 0 Å². The molecule has 0 saturated carbocycles. The fourth-order valence-electron chi connectivity index (χ4n) is 4.49. The predicted octanol–water partition coefficient (Wildman–Crippen LogP) is 5.11. The summed E-state index contributed by atoms with van der Waals surface area (Å²) in [6, 6.07) is 17.9. The summed E-state index contributed by atoms with van der Waals surface area (Å²) in [5.74, 6) is 0.317. The molecule has 9 heteroatoms. The number of benzene rings is 2. The van der Waals surface area contributed by atoms with Gasteiger partial charge in [0.2, 0.25) is 5.91 Å². The van der Waals surface area contributed by atoms with Gasteiger partial charge in [0.05, 0.1) is 24.4 Å². The Morgan fingerprint density at radius 3 is 2.54 bits per heavy atom. The first-order valence-corrected chi connectivity index (χ1v) is 12.2. The topological polar surface area (TPSA) is 63.7 Å². The molecular formula is C28H30F3N3O3. The van der Waals surface area contributed by atoms with E-state index in [-0.39, 0.29) is 24.2 Å². The van der Waals surface area contributed by atoms with Crippen LogP contribution < -0.4 is 14.8 Å². The van der Waals surface area contributed by atoms with Crippen molar-refractivity contribution in [3.8, 4) is 11.5 Å². The van der Waals surface area contributed by atoms with Crippen molar-refractivity contribution in [2.75, 3.05) is 33.4 Å². The van der Waals surface area contributed by atoms with Crippen LogP contribution in [0.15, 0.2) is 72.9 Å². The number of nitrogens with zero attached hydrogens (tertiary/aromatic N) is 2. The van der Waals surface area contributed by atoms with Gasteiger partial charge in [-0.25, -0.2) is 0 Å². The Labute approximate surface area is 214 Å². The van der Waals surface area contributed by atoms with Gasteiger partial charge in [-0.05, 0) is 67.9 Å². The Hall–Kier alpha value is -3.59. The normalized spacial score (nSPS) is 15.7. The number of likely N-dealkylation sites (tertiary alicyclic amines) is 1. The monoisotopic (exact) mass is 513 g/mol. The van der Waals surface area contributed by atoms with Crippen LogP contribution in [0.5, 0.6) is 11.5 Å². The molecule has 6 nitrogen and oxygen atoms in total. The third-order valence-corrected chi connectivity index (χ3v) is 6.51. The third-order valence-electron chi connectivity index (χ3n) is 6.51. The fourth-order valence-corrected chi connectivity index (χ4v) is 4.49. The van der Waals surface area contributed by atoms with Gasteiger partial charge in [0.15, 0.2) is 0 Å². The van der Waals surface area contributed by atoms with Gasteiger partial charge in [-0.2, -0.15) is 13.2 Å². The number of pyridine rings is 1. The zero-order valence-corrected chi connectivity index (χ0v) is 20.6. The average Bonchev–Trinajstić information content (AvgIpc) is 2.92. The van der Waals surface area contributed by atoms with Gasteiger partial charge < -0.3 is 14.8 Å². The van der Waals surface area contributed by atoms with Gasteiger partial charge in [-0.3, -0.25) is 14.7 Å². The number of para-hydroxylation sites is 1. The second kappa shape index (κ2) is 12.1. The number of aromatic nitrogens is 1. The number of hydrogen-bond acceptors (Lipinski definition) is 5. The summed E-state index contributed by atoms with van der Waals surface area (Å²) in [4.78, 5) is 19.8. The first-order valence-electron chi connectivity index (χ1n) is 12.2. The third kappa shape index (κ3) is 7.01. The van der Waals surface area contributed by atoms with E-state index in [2.05, 4.69) is 15.2 Å². The molecule has 3 aromatic rings. The molecule has 0 unspecified atom stereocenters. The Balaban J connectivity index is 1.32. The summed E-state index contributed by atoms with van der Waals surface area (Å²) in [6.07, 6.45) is -1.46. The number of ether oxygens (including phenoxy) is 2. The lowest BCUT2D eigenvalue weighted by molar-refractivity contribution is -0.139. The minimum atomic E-state index is -4.46. The van der Waals surface area contributed by atoms with E-state index in [1.807, 2.05) is 42.5 Å². The molecule has 2 aromatic carbocycles. The van der Waals surface area contributed by atoms with Crippen molar-refractivity contribution >= 4 is 5.91 Å². The lowest BCUT2D eigenvalue weighted by atomic mass is 9.94. The smallest absolute Gasteiger partial charge is 0.419 e. The molecule has 1 fully saturated rings. The minimum Gasteiger partial charge on any atom is -0.497 e. The first-order chi connectivity index (χ1) is 17.8. The summed E-state index contributed by atoms with van der Waals surface area (Å²) in [6.45, 7) is 1.95. The Morgan fingerprint density at radius 1 is 1.08 bits per heavy atom. The van der Waals surface area contributed by atoms with E-state index < -0.39 is 17.8 Å². The molecule has 0 radical (unpaired) electrons. The standard InChI is InChI=1S/C28H30F3N3O3/c1-36-22-8-6-7-21(19-22)26(24-10-4-5-14-32-24)33-27(35)20-12-15-34(16-13-20)17-18-37-25-11-3-2-9-23(25)28(29,30)31/h2-11,14,19-20,26H,12-13,15-18H2,1H3,(H,33,35)/t26-/m1/s1. The maximum absolute atomic E-state index is 13.2. The zero-order chi connectivity index (χ0) is 26.3. The molecule has 196 valence electrons. The Kier molecular flexibility index (Phi) is 8.66. The highest BCUT2D eigenvalue weighted by Gasteiger charge is 2.34. The van der Waals surface area contributed by atoms with Crippen LogP contribution in [0.3, 0.4) is 0 Å². The number of alkyl halides is 3. The molecule has 1 saturated heterocycles. The van der Waals surface area contributed by atoms with E-state index in [1.54, 1.807) is 13.3 Å². The summed E-state index contributed by atoms with van der Waals surface area (Å²) < 4.78 is 50.3. The number of carbonyl (C=O) groups excluding carboxylic acids is 1. The van der Waals surface area contributed by atoms with Crippen LogP contribution in [0.4, 0.5) is 13.2 Å². The SMILES string of the molecule is COc1cccc([C@@H](NC(=O)C2CCN(CCOc3ccccc3C(F)(F)F)CC2)c2ccccn2)c1. The van der Waals surface area contributed by atoms with Crippen LogP contribution in [0.2, 0.25) is 0 Å². The Morgan fingerprint density at radius 2 is 1.84 bits per heavy atom. The molecular weight excluding hydrogens is 483 g/mol. The fraction of sp³-hybridized carbons (Fsp3) is 0.357. The number of rotatable bonds is 9. The van der Waals surface area contributed by atoms with Gasteiger partial charge in [-0.1, -0.05) is 30.3 Å². The number of nitrogens with one attached hydrogen (secondary N) is 1. The van der Waals surface area contributed by atoms with Crippen molar-refractivity contribution < 1.29 is 27.4 Å². The van der Waals surface area contributed by atoms with Crippen LogP contribution in [0.25, 0.3) is 0 Å². The van der Waals surface area contributed by atoms with Crippen molar-refractivity contribution in [1.29, 1.82) is 0 Å². The molecule has 1 aliphatic heterocycles. The second-order valence-corrected chi connectivity index (χ2v) is 8.93. The first kappa shape index (κ1) is 26.5. The molecule has 4 rings (SSSR count). The van der Waals surface area contributed by atoms with E-state index in [0.29, 0.717) is 38.2 Å². The van der Waals surface area contributed by atoms with Gasteiger partial charge in [-0.15, -0.1) is 0 Å². The highest BCUT2D eigenvalue weighted by Crippen LogP contribution is 2.36. The highest BCUT2D eigenvalue weighted by molar-refractivity contribution is 5.79. The number of amides is 1. The van der Waals surface area contributed by atoms with Crippen LogP contribution in [0.1, 0.15) is 35.7 Å². The van der Waals surface area contributed by atoms with E-state index in [9.17, 15) is 18.0 Å². The van der Waals surface area contributed by atoms with Crippen molar-refractivity contribution in [2.24, 2.45) is 5.92 Å². The quantitative estimate of drug-likeness (QED) is 0.431. The van der Waals surface area contributed by atoms with E-state index in [4.69, 9.17) is 9.47 Å². The van der Waals surface area contributed by atoms with Crippen LogP contribution in [-0.2, 0) is 11.0 Å². The maximum Gasteiger partial charge on any atom is 0.419 e. The molecule has 1 aromatic heterocycles. The number of methoxy groups -OCH3 is 1. The Bertz CT molecular complexity index is 1170. The van der Waals surface area contributed by atoms with Gasteiger partial charge >= 0.3 is 6.18 Å². The zero-order valence-electron chi connectivity index (χ0n) is 20.6. The number of carbonyl (C=O) groups is 1.